The molecular formula is C12H21N3O6S. The summed E-state index contributed by atoms with van der Waals surface area (Å²) in [5.74, 6) is -4.51. The van der Waals surface area contributed by atoms with Crippen LogP contribution < -0.4 is 16.4 Å². The molecule has 0 aliphatic carbocycles. The summed E-state index contributed by atoms with van der Waals surface area (Å²) < 4.78 is 0. The average Bonchev–Trinajstić information content (AvgIpc) is 2.41. The van der Waals surface area contributed by atoms with Crippen LogP contribution in [-0.4, -0.2) is 57.8 Å². The fourth-order valence-electron chi connectivity index (χ4n) is 1.51. The molecule has 126 valence electrons. The lowest BCUT2D eigenvalue weighted by Crippen LogP contribution is -2.56. The molecule has 0 aliphatic rings. The number of thiol groups is 1. The Morgan fingerprint density at radius 2 is 1.64 bits per heavy atom. The van der Waals surface area contributed by atoms with E-state index in [1.807, 2.05) is 0 Å². The molecule has 0 aliphatic heterocycles. The van der Waals surface area contributed by atoms with Crippen molar-refractivity contribution in [3.8, 4) is 0 Å². The van der Waals surface area contributed by atoms with E-state index in [0.717, 1.165) is 0 Å². The number of hydrogen-bond donors (Lipinski definition) is 6. The van der Waals surface area contributed by atoms with E-state index >= 15 is 0 Å². The van der Waals surface area contributed by atoms with Gasteiger partial charge >= 0.3 is 11.9 Å². The van der Waals surface area contributed by atoms with Gasteiger partial charge < -0.3 is 26.6 Å². The number of nitrogens with two attached hydrogens (primary N) is 1. The van der Waals surface area contributed by atoms with Crippen molar-refractivity contribution in [1.82, 2.24) is 10.6 Å². The van der Waals surface area contributed by atoms with E-state index in [9.17, 15) is 19.2 Å². The minimum atomic E-state index is -1.58. The highest BCUT2D eigenvalue weighted by atomic mass is 32.1. The van der Waals surface area contributed by atoms with E-state index < -0.39 is 48.3 Å². The molecule has 0 bridgehead atoms. The van der Waals surface area contributed by atoms with Gasteiger partial charge in [-0.15, -0.1) is 0 Å². The SMILES string of the molecule is CC(C)[C@H](NC(=O)[C@@H](N)CS)C(=O)N[C@@H](CC(=O)O)C(=O)O. The molecule has 0 aromatic carbocycles. The summed E-state index contributed by atoms with van der Waals surface area (Å²) >= 11 is 3.87. The van der Waals surface area contributed by atoms with Gasteiger partial charge in [-0.2, -0.15) is 12.6 Å². The monoisotopic (exact) mass is 335 g/mol. The van der Waals surface area contributed by atoms with Gasteiger partial charge in [0.25, 0.3) is 0 Å². The smallest absolute Gasteiger partial charge is 0.326 e. The molecule has 0 aromatic rings. The number of nitrogens with one attached hydrogen (secondary N) is 2. The molecule has 0 heterocycles. The Morgan fingerprint density at radius 1 is 1.09 bits per heavy atom. The van der Waals surface area contributed by atoms with Gasteiger partial charge in [-0.05, 0) is 5.92 Å². The maximum Gasteiger partial charge on any atom is 0.326 e. The van der Waals surface area contributed by atoms with Gasteiger partial charge in [-0.1, -0.05) is 13.8 Å². The molecule has 10 heteroatoms. The number of carboxylic acid groups (broad SMARTS) is 2. The Morgan fingerprint density at radius 3 is 2.00 bits per heavy atom. The van der Waals surface area contributed by atoms with Crippen LogP contribution in [0.15, 0.2) is 0 Å². The third-order valence-corrected chi connectivity index (χ3v) is 3.17. The highest BCUT2D eigenvalue weighted by molar-refractivity contribution is 7.80. The van der Waals surface area contributed by atoms with Crippen LogP contribution in [0.5, 0.6) is 0 Å². The maximum absolute atomic E-state index is 12.1. The highest BCUT2D eigenvalue weighted by Crippen LogP contribution is 2.04. The largest absolute Gasteiger partial charge is 0.481 e. The van der Waals surface area contributed by atoms with Gasteiger partial charge in [-0.25, -0.2) is 4.79 Å². The number of rotatable bonds is 9. The molecule has 0 rings (SSSR count). The molecule has 3 atom stereocenters. The van der Waals surface area contributed by atoms with E-state index in [1.165, 1.54) is 0 Å². The third kappa shape index (κ3) is 6.76. The Bertz CT molecular complexity index is 443. The zero-order valence-corrected chi connectivity index (χ0v) is 13.2. The molecule has 0 saturated heterocycles. The van der Waals surface area contributed by atoms with Gasteiger partial charge in [0.1, 0.15) is 12.1 Å². The van der Waals surface area contributed by atoms with Crippen LogP contribution in [0.2, 0.25) is 0 Å². The number of aliphatic carboxylic acids is 2. The molecule has 0 fully saturated rings. The number of amides is 2. The van der Waals surface area contributed by atoms with Crippen LogP contribution in [0.25, 0.3) is 0 Å². The predicted molar refractivity (Wildman–Crippen MR) is 80.4 cm³/mol. The van der Waals surface area contributed by atoms with E-state index in [-0.39, 0.29) is 11.7 Å². The zero-order valence-electron chi connectivity index (χ0n) is 12.3. The van der Waals surface area contributed by atoms with Crippen molar-refractivity contribution in [1.29, 1.82) is 0 Å². The minimum absolute atomic E-state index is 0.0784. The van der Waals surface area contributed by atoms with Crippen molar-refractivity contribution in [3.63, 3.8) is 0 Å². The number of carboxylic acids is 2. The summed E-state index contributed by atoms with van der Waals surface area (Å²) in [6.07, 6.45) is -0.768. The first-order valence-electron chi connectivity index (χ1n) is 6.51. The normalized spacial score (nSPS) is 14.8. The topological polar surface area (TPSA) is 159 Å². The van der Waals surface area contributed by atoms with E-state index in [0.29, 0.717) is 0 Å². The second-order valence-corrected chi connectivity index (χ2v) is 5.38. The number of carbonyl (C=O) groups excluding carboxylic acids is 2. The number of carbonyl (C=O) groups is 4. The van der Waals surface area contributed by atoms with Gasteiger partial charge in [-0.3, -0.25) is 14.4 Å². The summed E-state index contributed by atoms with van der Waals surface area (Å²) in [6, 6.07) is -3.53. The summed E-state index contributed by atoms with van der Waals surface area (Å²) in [5.41, 5.74) is 5.49. The van der Waals surface area contributed by atoms with Gasteiger partial charge in [0.15, 0.2) is 0 Å². The molecule has 0 unspecified atom stereocenters. The third-order valence-electron chi connectivity index (χ3n) is 2.77. The van der Waals surface area contributed by atoms with E-state index in [2.05, 4.69) is 23.3 Å². The minimum Gasteiger partial charge on any atom is -0.481 e. The van der Waals surface area contributed by atoms with Gasteiger partial charge in [0.05, 0.1) is 12.5 Å². The van der Waals surface area contributed by atoms with Gasteiger partial charge in [0.2, 0.25) is 11.8 Å². The van der Waals surface area contributed by atoms with Crippen molar-refractivity contribution in [2.75, 3.05) is 5.75 Å². The average molecular weight is 335 g/mol. The van der Waals surface area contributed by atoms with E-state index in [4.69, 9.17) is 15.9 Å². The second kappa shape index (κ2) is 9.26. The summed E-state index contributed by atoms with van der Waals surface area (Å²) in [5, 5.41) is 22.0. The first-order valence-corrected chi connectivity index (χ1v) is 7.15. The van der Waals surface area contributed by atoms with Crippen molar-refractivity contribution >= 4 is 36.4 Å². The molecule has 9 nitrogen and oxygen atoms in total. The van der Waals surface area contributed by atoms with Crippen LogP contribution >= 0.6 is 12.6 Å². The fraction of sp³-hybridized carbons (Fsp3) is 0.667. The van der Waals surface area contributed by atoms with Crippen molar-refractivity contribution in [2.24, 2.45) is 11.7 Å². The van der Waals surface area contributed by atoms with Gasteiger partial charge in [0, 0.05) is 5.75 Å². The van der Waals surface area contributed by atoms with Crippen molar-refractivity contribution in [3.05, 3.63) is 0 Å². The van der Waals surface area contributed by atoms with Crippen LogP contribution in [0.1, 0.15) is 20.3 Å². The Hall–Kier alpha value is -1.81. The first kappa shape index (κ1) is 20.2. The zero-order chi connectivity index (χ0) is 17.4. The number of hydrogen-bond acceptors (Lipinski definition) is 6. The first-order chi connectivity index (χ1) is 10.1. The van der Waals surface area contributed by atoms with Crippen molar-refractivity contribution in [2.45, 2.75) is 38.4 Å². The molecule has 0 saturated carbocycles. The molecular weight excluding hydrogens is 314 g/mol. The Kier molecular flexibility index (Phi) is 8.50. The molecule has 0 aromatic heterocycles. The highest BCUT2D eigenvalue weighted by Gasteiger charge is 2.30. The molecule has 2 amide bonds. The quantitative estimate of drug-likeness (QED) is 0.278. The predicted octanol–water partition coefficient (Wildman–Crippen LogP) is -1.57. The fourth-order valence-corrected chi connectivity index (χ4v) is 1.68. The Labute approximate surface area is 133 Å². The molecule has 0 radical (unpaired) electrons. The van der Waals surface area contributed by atoms with Crippen molar-refractivity contribution < 1.29 is 29.4 Å². The lowest BCUT2D eigenvalue weighted by molar-refractivity contribution is -0.147. The van der Waals surface area contributed by atoms with E-state index in [1.54, 1.807) is 13.8 Å². The summed E-state index contributed by atoms with van der Waals surface area (Å²) in [7, 11) is 0. The molecule has 0 spiro atoms. The lowest BCUT2D eigenvalue weighted by Gasteiger charge is -2.24. The maximum atomic E-state index is 12.1. The van der Waals surface area contributed by atoms with Crippen LogP contribution in [0.3, 0.4) is 0 Å². The lowest BCUT2D eigenvalue weighted by atomic mass is 10.0. The second-order valence-electron chi connectivity index (χ2n) is 5.02. The van der Waals surface area contributed by atoms with Crippen LogP contribution in [-0.2, 0) is 19.2 Å². The van der Waals surface area contributed by atoms with Crippen LogP contribution in [0, 0.1) is 5.92 Å². The molecule has 22 heavy (non-hydrogen) atoms. The summed E-state index contributed by atoms with van der Waals surface area (Å²) in [6.45, 7) is 3.29. The summed E-state index contributed by atoms with van der Waals surface area (Å²) in [4.78, 5) is 45.3. The molecule has 6 N–H and O–H groups in total. The standard InChI is InChI=1S/C12H21N3O6S/c1-5(2)9(15-10(18)6(13)4-22)11(19)14-7(12(20)21)3-8(16)17/h5-7,9,22H,3-4,13H2,1-2H3,(H,14,19)(H,15,18)(H,16,17)(H,20,21)/t6-,7-,9-/m0/s1. The van der Waals surface area contributed by atoms with Crippen LogP contribution in [0.4, 0.5) is 0 Å². The Balaban J connectivity index is 4.95.